The summed E-state index contributed by atoms with van der Waals surface area (Å²) in [5, 5.41) is 22.0. The lowest BCUT2D eigenvalue weighted by Crippen LogP contribution is -2.48. The molecule has 0 saturated heterocycles. The SMILES string of the molecule is CC(=O)N[C@@H](CS)C(=O)[O-].Nc1[nH+]c2cc(O)ccc2s1. The van der Waals surface area contributed by atoms with Gasteiger partial charge in [0, 0.05) is 18.7 Å². The fourth-order valence-corrected chi connectivity index (χ4v) is 2.40. The Kier molecular flexibility index (Phi) is 6.25. The van der Waals surface area contributed by atoms with Crippen molar-refractivity contribution in [1.29, 1.82) is 0 Å². The second kappa shape index (κ2) is 7.70. The van der Waals surface area contributed by atoms with Gasteiger partial charge in [-0.15, -0.1) is 0 Å². The number of nitrogen functional groups attached to an aromatic ring is 1. The lowest BCUT2D eigenvalue weighted by atomic mass is 10.3. The number of aromatic nitrogens is 1. The Morgan fingerprint density at radius 1 is 1.57 bits per heavy atom. The summed E-state index contributed by atoms with van der Waals surface area (Å²) in [5.41, 5.74) is 6.40. The van der Waals surface area contributed by atoms with Crippen LogP contribution in [0.2, 0.25) is 0 Å². The van der Waals surface area contributed by atoms with Crippen LogP contribution in [0.1, 0.15) is 6.92 Å². The zero-order valence-electron chi connectivity index (χ0n) is 11.1. The van der Waals surface area contributed by atoms with Crippen molar-refractivity contribution in [1.82, 2.24) is 5.32 Å². The maximum Gasteiger partial charge on any atom is 0.330 e. The minimum atomic E-state index is -1.31. The summed E-state index contributed by atoms with van der Waals surface area (Å²) < 4.78 is 1.06. The van der Waals surface area contributed by atoms with Gasteiger partial charge < -0.3 is 20.3 Å². The Hall–Kier alpha value is -2.00. The molecule has 0 spiro atoms. The number of amides is 1. The normalized spacial score (nSPS) is 11.3. The van der Waals surface area contributed by atoms with Crippen LogP contribution in [0.4, 0.5) is 5.13 Å². The van der Waals surface area contributed by atoms with Gasteiger partial charge >= 0.3 is 5.13 Å². The van der Waals surface area contributed by atoms with Gasteiger partial charge in [-0.25, -0.2) is 4.98 Å². The van der Waals surface area contributed by atoms with Crippen LogP contribution < -0.4 is 21.1 Å². The van der Waals surface area contributed by atoms with Crippen molar-refractivity contribution in [2.75, 3.05) is 11.5 Å². The molecule has 0 unspecified atom stereocenters. The van der Waals surface area contributed by atoms with Crippen LogP contribution in [0.3, 0.4) is 0 Å². The quantitative estimate of drug-likeness (QED) is 0.546. The molecule has 1 aromatic heterocycles. The topological polar surface area (TPSA) is 130 Å². The van der Waals surface area contributed by atoms with E-state index in [4.69, 9.17) is 10.8 Å². The number of hydrogen-bond donors (Lipinski definition) is 4. The van der Waals surface area contributed by atoms with Crippen molar-refractivity contribution >= 4 is 51.2 Å². The number of carbonyl (C=O) groups excluding carboxylic acids is 2. The average Bonchev–Trinajstić information content (AvgIpc) is 2.75. The first-order valence-corrected chi connectivity index (χ1v) is 7.27. The number of carbonyl (C=O) groups is 2. The summed E-state index contributed by atoms with van der Waals surface area (Å²) in [6, 6.07) is 4.15. The van der Waals surface area contributed by atoms with Gasteiger partial charge in [0.25, 0.3) is 0 Å². The van der Waals surface area contributed by atoms with Crippen molar-refractivity contribution < 1.29 is 24.8 Å². The van der Waals surface area contributed by atoms with E-state index in [0.717, 1.165) is 10.2 Å². The van der Waals surface area contributed by atoms with Crippen LogP contribution in [-0.4, -0.2) is 28.8 Å². The summed E-state index contributed by atoms with van der Waals surface area (Å²) in [6.45, 7) is 1.24. The van der Waals surface area contributed by atoms with Crippen molar-refractivity contribution in [3.8, 4) is 5.75 Å². The molecule has 1 heterocycles. The smallest absolute Gasteiger partial charge is 0.330 e. The number of phenolic OH excluding ortho intramolecular Hbond substituents is 1. The fraction of sp³-hybridized carbons (Fsp3) is 0.250. The number of aliphatic carboxylic acids is 1. The van der Waals surface area contributed by atoms with E-state index < -0.39 is 17.9 Å². The zero-order valence-corrected chi connectivity index (χ0v) is 12.8. The van der Waals surface area contributed by atoms with Gasteiger partial charge in [-0.05, 0) is 23.5 Å². The van der Waals surface area contributed by atoms with Gasteiger partial charge in [0.1, 0.15) is 11.3 Å². The lowest BCUT2D eigenvalue weighted by molar-refractivity contribution is -0.320. The molecule has 0 aliphatic rings. The molecule has 0 fully saturated rings. The van der Waals surface area contributed by atoms with Crippen LogP contribution in [0.25, 0.3) is 10.2 Å². The number of nitrogens with one attached hydrogen (secondary N) is 2. The highest BCUT2D eigenvalue weighted by atomic mass is 32.1. The molecule has 5 N–H and O–H groups in total. The van der Waals surface area contributed by atoms with E-state index in [2.05, 4.69) is 22.9 Å². The van der Waals surface area contributed by atoms with E-state index in [1.807, 2.05) is 6.07 Å². The predicted molar refractivity (Wildman–Crippen MR) is 80.9 cm³/mol. The Morgan fingerprint density at radius 3 is 2.71 bits per heavy atom. The number of phenols is 1. The molecule has 1 atom stereocenters. The number of fused-ring (bicyclic) bond motifs is 1. The van der Waals surface area contributed by atoms with Gasteiger partial charge in [-0.1, -0.05) is 0 Å². The van der Waals surface area contributed by atoms with E-state index in [-0.39, 0.29) is 11.5 Å². The summed E-state index contributed by atoms with van der Waals surface area (Å²) in [7, 11) is 0. The Balaban J connectivity index is 0.000000212. The Morgan fingerprint density at radius 2 is 2.24 bits per heavy atom. The van der Waals surface area contributed by atoms with Crippen LogP contribution in [-0.2, 0) is 9.59 Å². The minimum Gasteiger partial charge on any atom is -0.548 e. The van der Waals surface area contributed by atoms with Crippen LogP contribution in [0, 0.1) is 0 Å². The van der Waals surface area contributed by atoms with Crippen molar-refractivity contribution in [3.63, 3.8) is 0 Å². The number of H-pyrrole nitrogens is 1. The van der Waals surface area contributed by atoms with Crippen LogP contribution in [0.5, 0.6) is 5.75 Å². The highest BCUT2D eigenvalue weighted by molar-refractivity contribution is 7.80. The molecular formula is C12H15N3O4S2. The van der Waals surface area contributed by atoms with E-state index in [0.29, 0.717) is 5.13 Å². The third-order valence-corrected chi connectivity index (χ3v) is 3.55. The number of aromatic hydroxyl groups is 1. The number of nitrogens with two attached hydrogens (primary N) is 1. The zero-order chi connectivity index (χ0) is 16.0. The minimum absolute atomic E-state index is 0.0436. The van der Waals surface area contributed by atoms with Crippen molar-refractivity contribution in [2.45, 2.75) is 13.0 Å². The molecule has 2 aromatic rings. The molecule has 1 amide bonds. The largest absolute Gasteiger partial charge is 0.548 e. The van der Waals surface area contributed by atoms with Gasteiger partial charge in [-0.3, -0.25) is 10.5 Å². The average molecular weight is 329 g/mol. The highest BCUT2D eigenvalue weighted by Crippen LogP contribution is 2.22. The molecule has 0 radical (unpaired) electrons. The first-order chi connectivity index (χ1) is 9.83. The summed E-state index contributed by atoms with van der Waals surface area (Å²) in [5.74, 6) is -1.41. The number of hydrogen-bond acceptors (Lipinski definition) is 7. The predicted octanol–water partition coefficient (Wildman–Crippen LogP) is -0.826. The molecule has 21 heavy (non-hydrogen) atoms. The Bertz CT molecular complexity index is 644. The van der Waals surface area contributed by atoms with E-state index in [1.165, 1.54) is 18.3 Å². The van der Waals surface area contributed by atoms with Gasteiger partial charge in [-0.2, -0.15) is 12.6 Å². The first kappa shape index (κ1) is 17.1. The molecule has 2 rings (SSSR count). The molecule has 0 aliphatic carbocycles. The first-order valence-electron chi connectivity index (χ1n) is 5.82. The van der Waals surface area contributed by atoms with Gasteiger partial charge in [0.2, 0.25) is 5.91 Å². The standard InChI is InChI=1S/C7H6N2OS.C5H9NO3S/c8-7-9-5-3-4(10)1-2-6(5)11-7;1-3(7)6-4(2-10)5(8)9/h1-3,10H,(H2,8,9);4,10H,2H2,1H3,(H,6,7)(H,8,9)/t;4-/m.0/s1. The highest BCUT2D eigenvalue weighted by Gasteiger charge is 2.07. The second-order valence-corrected chi connectivity index (χ2v) is 5.48. The third-order valence-electron chi connectivity index (χ3n) is 2.29. The summed E-state index contributed by atoms with van der Waals surface area (Å²) in [6.07, 6.45) is 0. The molecule has 9 heteroatoms. The number of thiazole rings is 1. The monoisotopic (exact) mass is 329 g/mol. The fourth-order valence-electron chi connectivity index (χ4n) is 1.41. The number of thiol groups is 1. The molecule has 1 aromatic carbocycles. The van der Waals surface area contributed by atoms with Crippen molar-refractivity contribution in [3.05, 3.63) is 18.2 Å². The number of anilines is 1. The van der Waals surface area contributed by atoms with Crippen molar-refractivity contribution in [2.24, 2.45) is 0 Å². The summed E-state index contributed by atoms with van der Waals surface area (Å²) in [4.78, 5) is 23.3. The van der Waals surface area contributed by atoms with Gasteiger partial charge in [0.15, 0.2) is 0 Å². The maximum absolute atomic E-state index is 10.3. The molecular weight excluding hydrogens is 314 g/mol. The molecule has 114 valence electrons. The number of rotatable bonds is 3. The van der Waals surface area contributed by atoms with E-state index in [1.54, 1.807) is 12.1 Å². The number of benzene rings is 1. The molecule has 0 aliphatic heterocycles. The van der Waals surface area contributed by atoms with E-state index in [9.17, 15) is 14.7 Å². The molecule has 7 nitrogen and oxygen atoms in total. The number of carboxylic acids is 1. The second-order valence-electron chi connectivity index (χ2n) is 4.03. The summed E-state index contributed by atoms with van der Waals surface area (Å²) >= 11 is 5.17. The third kappa shape index (κ3) is 5.48. The molecule has 0 saturated carbocycles. The van der Waals surface area contributed by atoms with Crippen LogP contribution >= 0.6 is 24.0 Å². The maximum atomic E-state index is 10.3. The Labute approximate surface area is 130 Å². The van der Waals surface area contributed by atoms with Gasteiger partial charge in [0.05, 0.1) is 16.7 Å². The number of aromatic amines is 1. The lowest BCUT2D eigenvalue weighted by Gasteiger charge is -2.15. The number of carboxylic acid groups (broad SMARTS) is 1. The molecule has 0 bridgehead atoms. The van der Waals surface area contributed by atoms with Crippen LogP contribution in [0.15, 0.2) is 18.2 Å². The van der Waals surface area contributed by atoms with E-state index >= 15 is 0 Å².